The van der Waals surface area contributed by atoms with E-state index in [0.717, 1.165) is 27.9 Å². The third-order valence-electron chi connectivity index (χ3n) is 4.49. The van der Waals surface area contributed by atoms with Crippen molar-refractivity contribution in [3.8, 4) is 11.4 Å². The van der Waals surface area contributed by atoms with Crippen molar-refractivity contribution in [2.75, 3.05) is 11.9 Å². The van der Waals surface area contributed by atoms with E-state index in [-0.39, 0.29) is 5.91 Å². The van der Waals surface area contributed by atoms with Crippen LogP contribution in [0.3, 0.4) is 0 Å². The van der Waals surface area contributed by atoms with Crippen molar-refractivity contribution in [3.05, 3.63) is 85.5 Å². The lowest BCUT2D eigenvalue weighted by Gasteiger charge is -2.10. The van der Waals surface area contributed by atoms with E-state index in [0.29, 0.717) is 19.4 Å². The van der Waals surface area contributed by atoms with Gasteiger partial charge in [0.1, 0.15) is 5.75 Å². The van der Waals surface area contributed by atoms with E-state index >= 15 is 0 Å². The standard InChI is InChI=1S/C23H21N3O2/c27-23(25-19-8-4-9-20(16-19)26-14-13-24-17-26)12-5-15-28-22-11-3-7-18-6-1-2-10-21(18)22/h1-4,6-11,13-14,16-17H,5,12,15H2,(H,25,27). The van der Waals surface area contributed by atoms with Crippen LogP contribution in [-0.2, 0) is 4.79 Å². The number of anilines is 1. The van der Waals surface area contributed by atoms with Gasteiger partial charge < -0.3 is 14.6 Å². The Morgan fingerprint density at radius 2 is 1.89 bits per heavy atom. The fourth-order valence-corrected chi connectivity index (χ4v) is 3.12. The Bertz CT molecular complexity index is 1070. The topological polar surface area (TPSA) is 56.1 Å². The SMILES string of the molecule is O=C(CCCOc1cccc2ccccc12)Nc1cccc(-n2ccnc2)c1. The molecule has 1 aromatic heterocycles. The fraction of sp³-hybridized carbons (Fsp3) is 0.130. The Kier molecular flexibility index (Phi) is 5.33. The molecule has 5 nitrogen and oxygen atoms in total. The first-order valence-corrected chi connectivity index (χ1v) is 9.28. The summed E-state index contributed by atoms with van der Waals surface area (Å²) in [5.74, 6) is 0.829. The number of fused-ring (bicyclic) bond motifs is 1. The fourth-order valence-electron chi connectivity index (χ4n) is 3.12. The predicted molar refractivity (Wildman–Crippen MR) is 111 cm³/mol. The zero-order valence-corrected chi connectivity index (χ0v) is 15.4. The minimum Gasteiger partial charge on any atom is -0.493 e. The van der Waals surface area contributed by atoms with Crippen LogP contribution in [-0.4, -0.2) is 22.1 Å². The van der Waals surface area contributed by atoms with Crippen molar-refractivity contribution < 1.29 is 9.53 Å². The van der Waals surface area contributed by atoms with Gasteiger partial charge in [0.25, 0.3) is 0 Å². The maximum Gasteiger partial charge on any atom is 0.224 e. The van der Waals surface area contributed by atoms with Crippen LogP contribution in [0.15, 0.2) is 85.5 Å². The van der Waals surface area contributed by atoms with Crippen LogP contribution >= 0.6 is 0 Å². The molecule has 4 aromatic rings. The number of nitrogens with zero attached hydrogens (tertiary/aromatic N) is 2. The van der Waals surface area contributed by atoms with Gasteiger partial charge in [-0.15, -0.1) is 0 Å². The highest BCUT2D eigenvalue weighted by molar-refractivity contribution is 5.91. The lowest BCUT2D eigenvalue weighted by molar-refractivity contribution is -0.116. The molecule has 0 fully saturated rings. The Balaban J connectivity index is 1.29. The average molecular weight is 371 g/mol. The quantitative estimate of drug-likeness (QED) is 0.474. The highest BCUT2D eigenvalue weighted by Gasteiger charge is 2.05. The molecule has 140 valence electrons. The van der Waals surface area contributed by atoms with Crippen LogP contribution in [0.1, 0.15) is 12.8 Å². The molecular formula is C23H21N3O2. The van der Waals surface area contributed by atoms with Gasteiger partial charge in [-0.05, 0) is 36.1 Å². The van der Waals surface area contributed by atoms with Gasteiger partial charge in [-0.3, -0.25) is 4.79 Å². The van der Waals surface area contributed by atoms with Gasteiger partial charge in [-0.25, -0.2) is 4.98 Å². The number of amides is 1. The number of hydrogen-bond acceptors (Lipinski definition) is 3. The first kappa shape index (κ1) is 17.8. The van der Waals surface area contributed by atoms with Crippen molar-refractivity contribution in [3.63, 3.8) is 0 Å². The third-order valence-corrected chi connectivity index (χ3v) is 4.49. The van der Waals surface area contributed by atoms with E-state index in [2.05, 4.69) is 22.4 Å². The summed E-state index contributed by atoms with van der Waals surface area (Å²) in [4.78, 5) is 16.3. The molecule has 4 rings (SSSR count). The van der Waals surface area contributed by atoms with Gasteiger partial charge >= 0.3 is 0 Å². The van der Waals surface area contributed by atoms with Crippen LogP contribution in [0.2, 0.25) is 0 Å². The summed E-state index contributed by atoms with van der Waals surface area (Å²) < 4.78 is 7.79. The Hall–Kier alpha value is -3.60. The summed E-state index contributed by atoms with van der Waals surface area (Å²) in [5, 5.41) is 5.18. The van der Waals surface area contributed by atoms with Gasteiger partial charge in [-0.2, -0.15) is 0 Å². The van der Waals surface area contributed by atoms with Crippen LogP contribution in [0, 0.1) is 0 Å². The predicted octanol–water partition coefficient (Wildman–Crippen LogP) is 4.82. The van der Waals surface area contributed by atoms with Crippen molar-refractivity contribution in [2.45, 2.75) is 12.8 Å². The van der Waals surface area contributed by atoms with Crippen molar-refractivity contribution in [2.24, 2.45) is 0 Å². The van der Waals surface area contributed by atoms with Gasteiger partial charge in [0.2, 0.25) is 5.91 Å². The van der Waals surface area contributed by atoms with Crippen LogP contribution in [0.4, 0.5) is 5.69 Å². The molecule has 0 saturated carbocycles. The first-order chi connectivity index (χ1) is 13.8. The number of carbonyl (C=O) groups excluding carboxylic acids is 1. The zero-order chi connectivity index (χ0) is 19.2. The molecule has 0 aliphatic carbocycles. The number of aromatic nitrogens is 2. The molecule has 0 saturated heterocycles. The largest absolute Gasteiger partial charge is 0.493 e. The molecule has 3 aromatic carbocycles. The lowest BCUT2D eigenvalue weighted by atomic mass is 10.1. The van der Waals surface area contributed by atoms with Gasteiger partial charge in [0.05, 0.1) is 12.9 Å². The van der Waals surface area contributed by atoms with Crippen molar-refractivity contribution >= 4 is 22.4 Å². The number of rotatable bonds is 7. The number of hydrogen-bond donors (Lipinski definition) is 1. The smallest absolute Gasteiger partial charge is 0.224 e. The molecule has 1 amide bonds. The van der Waals surface area contributed by atoms with Gasteiger partial charge in [0, 0.05) is 35.6 Å². The number of ether oxygens (including phenoxy) is 1. The van der Waals surface area contributed by atoms with E-state index < -0.39 is 0 Å². The molecule has 0 aliphatic heterocycles. The second-order valence-electron chi connectivity index (χ2n) is 6.50. The number of carbonyl (C=O) groups is 1. The number of benzene rings is 3. The molecular weight excluding hydrogens is 350 g/mol. The molecule has 0 aliphatic rings. The summed E-state index contributed by atoms with van der Waals surface area (Å²) in [6, 6.07) is 21.8. The molecule has 0 spiro atoms. The minimum absolute atomic E-state index is 0.0238. The maximum atomic E-state index is 12.2. The maximum absolute atomic E-state index is 12.2. The van der Waals surface area contributed by atoms with Gasteiger partial charge in [0.15, 0.2) is 0 Å². The normalized spacial score (nSPS) is 10.7. The van der Waals surface area contributed by atoms with Crippen LogP contribution in [0.5, 0.6) is 5.75 Å². The summed E-state index contributed by atoms with van der Waals surface area (Å²) in [7, 11) is 0. The highest BCUT2D eigenvalue weighted by Crippen LogP contribution is 2.25. The Morgan fingerprint density at radius 1 is 1.04 bits per heavy atom. The molecule has 5 heteroatoms. The zero-order valence-electron chi connectivity index (χ0n) is 15.4. The third kappa shape index (κ3) is 4.20. The summed E-state index contributed by atoms with van der Waals surface area (Å²) in [6.07, 6.45) is 6.37. The van der Waals surface area contributed by atoms with Crippen LogP contribution < -0.4 is 10.1 Å². The Labute approximate surface area is 163 Å². The minimum atomic E-state index is -0.0238. The highest BCUT2D eigenvalue weighted by atomic mass is 16.5. The van der Waals surface area contributed by atoms with E-state index in [1.165, 1.54) is 0 Å². The molecule has 0 bridgehead atoms. The Morgan fingerprint density at radius 3 is 2.79 bits per heavy atom. The lowest BCUT2D eigenvalue weighted by Crippen LogP contribution is -2.13. The second-order valence-corrected chi connectivity index (χ2v) is 6.50. The molecule has 1 N–H and O–H groups in total. The monoisotopic (exact) mass is 371 g/mol. The molecule has 1 heterocycles. The van der Waals surface area contributed by atoms with Crippen molar-refractivity contribution in [1.82, 2.24) is 9.55 Å². The first-order valence-electron chi connectivity index (χ1n) is 9.28. The molecule has 0 atom stereocenters. The van der Waals surface area contributed by atoms with E-state index in [1.807, 2.05) is 65.4 Å². The summed E-state index contributed by atoms with van der Waals surface area (Å²) in [6.45, 7) is 0.497. The molecule has 0 radical (unpaired) electrons. The molecule has 28 heavy (non-hydrogen) atoms. The molecule has 0 unspecified atom stereocenters. The van der Waals surface area contributed by atoms with Crippen molar-refractivity contribution in [1.29, 1.82) is 0 Å². The number of imidazole rings is 1. The second kappa shape index (κ2) is 8.39. The van der Waals surface area contributed by atoms with Crippen LogP contribution in [0.25, 0.3) is 16.5 Å². The summed E-state index contributed by atoms with van der Waals surface area (Å²) in [5.41, 5.74) is 1.72. The summed E-state index contributed by atoms with van der Waals surface area (Å²) >= 11 is 0. The van der Waals surface area contributed by atoms with E-state index in [9.17, 15) is 4.79 Å². The number of nitrogens with one attached hydrogen (secondary N) is 1. The average Bonchev–Trinajstić information content (AvgIpc) is 3.26. The van der Waals surface area contributed by atoms with E-state index in [1.54, 1.807) is 12.5 Å². The van der Waals surface area contributed by atoms with E-state index in [4.69, 9.17) is 4.74 Å². The van der Waals surface area contributed by atoms with Gasteiger partial charge in [-0.1, -0.05) is 42.5 Å².